The highest BCUT2D eigenvalue weighted by atomic mass is 35.5. The molecule has 1 aromatic rings. The molecule has 19 heavy (non-hydrogen) atoms. The lowest BCUT2D eigenvalue weighted by atomic mass is 9.86. The maximum Gasteiger partial charge on any atom is 0.127 e. The average molecular weight is 282 g/mol. The molecule has 1 aromatic carbocycles. The van der Waals surface area contributed by atoms with Crippen molar-refractivity contribution in [2.45, 2.75) is 25.3 Å². The van der Waals surface area contributed by atoms with Crippen molar-refractivity contribution in [3.63, 3.8) is 0 Å². The van der Waals surface area contributed by atoms with Crippen molar-refractivity contribution in [1.82, 2.24) is 5.32 Å². The summed E-state index contributed by atoms with van der Waals surface area (Å²) >= 11 is 6.26. The molecule has 0 aliphatic carbocycles. The van der Waals surface area contributed by atoms with E-state index in [4.69, 9.17) is 21.1 Å². The van der Waals surface area contributed by atoms with Crippen LogP contribution < -0.4 is 10.1 Å². The Kier molecular flexibility index (Phi) is 3.96. The Morgan fingerprint density at radius 1 is 1.26 bits per heavy atom. The van der Waals surface area contributed by atoms with Crippen LogP contribution in [0.1, 0.15) is 30.0 Å². The SMILES string of the molecule is CNC(c1cc(Cl)cc2c1OCC2)C1CCOCC1. The Morgan fingerprint density at radius 3 is 2.79 bits per heavy atom. The molecule has 1 saturated heterocycles. The number of halogens is 1. The van der Waals surface area contributed by atoms with Crippen LogP contribution in [0.4, 0.5) is 0 Å². The van der Waals surface area contributed by atoms with Gasteiger partial charge < -0.3 is 14.8 Å². The molecular weight excluding hydrogens is 262 g/mol. The number of hydrogen-bond acceptors (Lipinski definition) is 3. The predicted molar refractivity (Wildman–Crippen MR) is 76.0 cm³/mol. The summed E-state index contributed by atoms with van der Waals surface area (Å²) < 4.78 is 11.3. The van der Waals surface area contributed by atoms with Gasteiger partial charge in [-0.2, -0.15) is 0 Å². The standard InChI is InChI=1S/C15H20ClNO2/c1-17-14(10-2-5-18-6-3-10)13-9-12(16)8-11-4-7-19-15(11)13/h8-10,14,17H,2-7H2,1H3. The second-order valence-corrected chi connectivity index (χ2v) is 5.73. The van der Waals surface area contributed by atoms with Crippen molar-refractivity contribution >= 4 is 11.6 Å². The summed E-state index contributed by atoms with van der Waals surface area (Å²) in [6.07, 6.45) is 3.15. The van der Waals surface area contributed by atoms with Crippen LogP contribution in [0.25, 0.3) is 0 Å². The van der Waals surface area contributed by atoms with Crippen molar-refractivity contribution in [1.29, 1.82) is 0 Å². The molecule has 0 amide bonds. The fourth-order valence-corrected chi connectivity index (χ4v) is 3.47. The van der Waals surface area contributed by atoms with Crippen molar-refractivity contribution in [3.8, 4) is 5.75 Å². The van der Waals surface area contributed by atoms with Gasteiger partial charge in [0.1, 0.15) is 5.75 Å². The Balaban J connectivity index is 1.94. The quantitative estimate of drug-likeness (QED) is 0.924. The second-order valence-electron chi connectivity index (χ2n) is 5.30. The van der Waals surface area contributed by atoms with Crippen LogP contribution in [-0.4, -0.2) is 26.9 Å². The molecule has 0 bridgehead atoms. The maximum atomic E-state index is 6.26. The fourth-order valence-electron chi connectivity index (χ4n) is 3.22. The van der Waals surface area contributed by atoms with Crippen LogP contribution in [-0.2, 0) is 11.2 Å². The summed E-state index contributed by atoms with van der Waals surface area (Å²) in [5.41, 5.74) is 2.46. The van der Waals surface area contributed by atoms with Crippen LogP contribution in [0.3, 0.4) is 0 Å². The van der Waals surface area contributed by atoms with E-state index in [9.17, 15) is 0 Å². The summed E-state index contributed by atoms with van der Waals surface area (Å²) in [5.74, 6) is 1.64. The van der Waals surface area contributed by atoms with Crippen molar-refractivity contribution in [3.05, 3.63) is 28.3 Å². The third-order valence-electron chi connectivity index (χ3n) is 4.16. The van der Waals surface area contributed by atoms with Gasteiger partial charge in [0.15, 0.2) is 0 Å². The topological polar surface area (TPSA) is 30.5 Å². The van der Waals surface area contributed by atoms with Gasteiger partial charge in [-0.25, -0.2) is 0 Å². The third-order valence-corrected chi connectivity index (χ3v) is 4.38. The number of fused-ring (bicyclic) bond motifs is 1. The molecule has 3 nitrogen and oxygen atoms in total. The highest BCUT2D eigenvalue weighted by Crippen LogP contribution is 2.40. The zero-order chi connectivity index (χ0) is 13.2. The number of benzene rings is 1. The summed E-state index contributed by atoms with van der Waals surface area (Å²) in [4.78, 5) is 0. The normalized spacial score (nSPS) is 20.9. The molecule has 0 aromatic heterocycles. The number of hydrogen-bond donors (Lipinski definition) is 1. The first-order valence-corrected chi connectivity index (χ1v) is 7.37. The van der Waals surface area contributed by atoms with Gasteiger partial charge in [-0.3, -0.25) is 0 Å². The molecule has 2 aliphatic heterocycles. The zero-order valence-corrected chi connectivity index (χ0v) is 12.0. The number of rotatable bonds is 3. The summed E-state index contributed by atoms with van der Waals surface area (Å²) in [6, 6.07) is 4.39. The molecule has 2 aliphatic rings. The molecule has 0 spiro atoms. The number of ether oxygens (including phenoxy) is 2. The van der Waals surface area contributed by atoms with E-state index in [0.717, 1.165) is 49.9 Å². The Hall–Kier alpha value is -0.770. The lowest BCUT2D eigenvalue weighted by molar-refractivity contribution is 0.0543. The minimum Gasteiger partial charge on any atom is -0.493 e. The van der Waals surface area contributed by atoms with Gasteiger partial charge in [0.25, 0.3) is 0 Å². The molecule has 2 heterocycles. The van der Waals surface area contributed by atoms with Crippen LogP contribution in [0.5, 0.6) is 5.75 Å². The van der Waals surface area contributed by atoms with E-state index in [1.165, 1.54) is 11.1 Å². The van der Waals surface area contributed by atoms with E-state index < -0.39 is 0 Å². The van der Waals surface area contributed by atoms with E-state index in [0.29, 0.717) is 12.0 Å². The Morgan fingerprint density at radius 2 is 2.05 bits per heavy atom. The molecule has 3 rings (SSSR count). The Bertz CT molecular complexity index is 458. The van der Waals surface area contributed by atoms with Gasteiger partial charge in [-0.1, -0.05) is 11.6 Å². The van der Waals surface area contributed by atoms with Crippen LogP contribution in [0.2, 0.25) is 5.02 Å². The molecule has 1 unspecified atom stereocenters. The van der Waals surface area contributed by atoms with Gasteiger partial charge >= 0.3 is 0 Å². The summed E-state index contributed by atoms with van der Waals surface area (Å²) in [6.45, 7) is 2.48. The first kappa shape index (κ1) is 13.2. The molecule has 0 saturated carbocycles. The van der Waals surface area contributed by atoms with E-state index in [1.54, 1.807) is 0 Å². The maximum absolute atomic E-state index is 6.26. The van der Waals surface area contributed by atoms with Gasteiger partial charge in [-0.15, -0.1) is 0 Å². The van der Waals surface area contributed by atoms with Gasteiger partial charge in [0.05, 0.1) is 6.61 Å². The first-order valence-electron chi connectivity index (χ1n) is 6.99. The largest absolute Gasteiger partial charge is 0.493 e. The van der Waals surface area contributed by atoms with Crippen LogP contribution in [0, 0.1) is 5.92 Å². The van der Waals surface area contributed by atoms with Gasteiger partial charge in [-0.05, 0) is 43.5 Å². The van der Waals surface area contributed by atoms with Gasteiger partial charge in [0, 0.05) is 36.3 Å². The molecule has 104 valence electrons. The smallest absolute Gasteiger partial charge is 0.127 e. The van der Waals surface area contributed by atoms with Gasteiger partial charge in [0.2, 0.25) is 0 Å². The number of nitrogens with one attached hydrogen (secondary N) is 1. The van der Waals surface area contributed by atoms with E-state index in [2.05, 4.69) is 11.4 Å². The van der Waals surface area contributed by atoms with Crippen molar-refractivity contribution in [2.75, 3.05) is 26.9 Å². The van der Waals surface area contributed by atoms with Crippen LogP contribution in [0.15, 0.2) is 12.1 Å². The average Bonchev–Trinajstić information content (AvgIpc) is 2.89. The summed E-state index contributed by atoms with van der Waals surface area (Å²) in [5, 5.41) is 4.26. The van der Waals surface area contributed by atoms with E-state index in [-0.39, 0.29) is 0 Å². The predicted octanol–water partition coefficient (Wildman–Crippen LogP) is 2.96. The summed E-state index contributed by atoms with van der Waals surface area (Å²) in [7, 11) is 2.02. The lowest BCUT2D eigenvalue weighted by Gasteiger charge is -2.31. The minimum absolute atomic E-state index is 0.300. The zero-order valence-electron chi connectivity index (χ0n) is 11.2. The van der Waals surface area contributed by atoms with Crippen molar-refractivity contribution in [2.24, 2.45) is 5.92 Å². The lowest BCUT2D eigenvalue weighted by Crippen LogP contribution is -2.30. The highest BCUT2D eigenvalue weighted by molar-refractivity contribution is 6.30. The second kappa shape index (κ2) is 5.70. The van der Waals surface area contributed by atoms with Crippen molar-refractivity contribution < 1.29 is 9.47 Å². The van der Waals surface area contributed by atoms with E-state index in [1.807, 2.05) is 13.1 Å². The molecule has 1 N–H and O–H groups in total. The minimum atomic E-state index is 0.300. The Labute approximate surface area is 119 Å². The molecule has 0 radical (unpaired) electrons. The monoisotopic (exact) mass is 281 g/mol. The molecule has 1 fully saturated rings. The molecular formula is C15H20ClNO2. The first-order chi connectivity index (χ1) is 9.29. The molecule has 4 heteroatoms. The molecule has 1 atom stereocenters. The highest BCUT2D eigenvalue weighted by Gasteiger charge is 2.29. The van der Waals surface area contributed by atoms with Crippen LogP contribution >= 0.6 is 11.6 Å². The van der Waals surface area contributed by atoms with E-state index >= 15 is 0 Å². The third kappa shape index (κ3) is 2.60. The fraction of sp³-hybridized carbons (Fsp3) is 0.600.